The first kappa shape index (κ1) is 11.2. The van der Waals surface area contributed by atoms with Crippen molar-refractivity contribution in [1.29, 1.82) is 0 Å². The van der Waals surface area contributed by atoms with Crippen LogP contribution in [-0.4, -0.2) is 19.2 Å². The largest absolute Gasteiger partial charge is 0.444 e. The van der Waals surface area contributed by atoms with Crippen LogP contribution in [0.2, 0.25) is 0 Å². The number of aryl methyl sites for hydroxylation is 2. The molecule has 0 fully saturated rings. The number of sulfonamides is 1. The molecule has 80 valence electrons. The molecule has 0 unspecified atom stereocenters. The van der Waals surface area contributed by atoms with Gasteiger partial charge in [-0.3, -0.25) is 0 Å². The van der Waals surface area contributed by atoms with Crippen molar-refractivity contribution in [3.05, 3.63) is 17.3 Å². The fourth-order valence-corrected chi connectivity index (χ4v) is 1.57. The van der Waals surface area contributed by atoms with Crippen molar-refractivity contribution in [2.24, 2.45) is 0 Å². The van der Waals surface area contributed by atoms with Crippen molar-refractivity contribution in [1.82, 2.24) is 9.71 Å². The lowest BCUT2D eigenvalue weighted by atomic mass is 10.4. The average Bonchev–Trinajstić information content (AvgIpc) is 2.42. The van der Waals surface area contributed by atoms with E-state index >= 15 is 0 Å². The summed E-state index contributed by atoms with van der Waals surface area (Å²) in [6.45, 7) is 5.26. The molecule has 0 spiro atoms. The van der Waals surface area contributed by atoms with Gasteiger partial charge in [0.05, 0.1) is 18.0 Å². The Bertz CT molecular complexity index is 408. The van der Waals surface area contributed by atoms with Gasteiger partial charge in [-0.25, -0.2) is 18.1 Å². The SMILES string of the molecule is CCS(=O)(=O)NCc1oc(C)nc1C. The van der Waals surface area contributed by atoms with Crippen LogP contribution in [0.25, 0.3) is 0 Å². The molecule has 0 atom stereocenters. The van der Waals surface area contributed by atoms with Gasteiger partial charge < -0.3 is 4.42 Å². The number of hydrogen-bond donors (Lipinski definition) is 1. The zero-order valence-electron chi connectivity index (χ0n) is 8.49. The molecule has 0 aromatic carbocycles. The molecule has 0 aliphatic heterocycles. The minimum absolute atomic E-state index is 0.0686. The van der Waals surface area contributed by atoms with Gasteiger partial charge in [0.15, 0.2) is 5.89 Å². The number of oxazole rings is 1. The Morgan fingerprint density at radius 2 is 2.07 bits per heavy atom. The molecule has 0 aliphatic carbocycles. The quantitative estimate of drug-likeness (QED) is 0.808. The molecule has 14 heavy (non-hydrogen) atoms. The number of rotatable bonds is 4. The predicted octanol–water partition coefficient (Wildman–Crippen LogP) is 0.731. The van der Waals surface area contributed by atoms with E-state index in [2.05, 4.69) is 9.71 Å². The summed E-state index contributed by atoms with van der Waals surface area (Å²) in [5.41, 5.74) is 0.723. The van der Waals surface area contributed by atoms with E-state index in [1.165, 1.54) is 0 Å². The molecule has 5 nitrogen and oxygen atoms in total. The lowest BCUT2D eigenvalue weighted by molar-refractivity contribution is 0.466. The maximum atomic E-state index is 11.1. The molecule has 1 N–H and O–H groups in total. The van der Waals surface area contributed by atoms with E-state index in [9.17, 15) is 8.42 Å². The second-order valence-corrected chi connectivity index (χ2v) is 5.06. The first-order valence-corrected chi connectivity index (χ1v) is 6.00. The summed E-state index contributed by atoms with van der Waals surface area (Å²) in [5, 5.41) is 0. The highest BCUT2D eigenvalue weighted by molar-refractivity contribution is 7.89. The third kappa shape index (κ3) is 2.81. The molecular formula is C8H14N2O3S. The van der Waals surface area contributed by atoms with Crippen LogP contribution in [0.3, 0.4) is 0 Å². The van der Waals surface area contributed by atoms with Crippen LogP contribution in [0.5, 0.6) is 0 Å². The minimum Gasteiger partial charge on any atom is -0.444 e. The molecule has 0 saturated heterocycles. The topological polar surface area (TPSA) is 72.2 Å². The summed E-state index contributed by atoms with van der Waals surface area (Å²) < 4.78 is 29.9. The fourth-order valence-electron chi connectivity index (χ4n) is 1.02. The summed E-state index contributed by atoms with van der Waals surface area (Å²) in [6.07, 6.45) is 0. The Morgan fingerprint density at radius 1 is 1.43 bits per heavy atom. The molecule has 1 aromatic heterocycles. The highest BCUT2D eigenvalue weighted by Gasteiger charge is 2.10. The minimum atomic E-state index is -3.16. The van der Waals surface area contributed by atoms with Crippen LogP contribution in [0, 0.1) is 13.8 Å². The van der Waals surface area contributed by atoms with Gasteiger partial charge >= 0.3 is 0 Å². The van der Waals surface area contributed by atoms with Crippen molar-refractivity contribution >= 4 is 10.0 Å². The van der Waals surface area contributed by atoms with Crippen molar-refractivity contribution in [3.8, 4) is 0 Å². The molecule has 1 rings (SSSR count). The highest BCUT2D eigenvalue weighted by atomic mass is 32.2. The Labute approximate surface area is 83.6 Å². The zero-order chi connectivity index (χ0) is 10.8. The van der Waals surface area contributed by atoms with Gasteiger partial charge in [-0.1, -0.05) is 0 Å². The second-order valence-electron chi connectivity index (χ2n) is 2.97. The number of nitrogens with zero attached hydrogens (tertiary/aromatic N) is 1. The van der Waals surface area contributed by atoms with Gasteiger partial charge in [0.25, 0.3) is 0 Å². The predicted molar refractivity (Wildman–Crippen MR) is 52.3 cm³/mol. The Hall–Kier alpha value is -0.880. The monoisotopic (exact) mass is 218 g/mol. The van der Waals surface area contributed by atoms with Crippen LogP contribution < -0.4 is 4.72 Å². The first-order chi connectivity index (χ1) is 6.44. The van der Waals surface area contributed by atoms with Crippen LogP contribution >= 0.6 is 0 Å². The van der Waals surface area contributed by atoms with Gasteiger partial charge in [-0.15, -0.1) is 0 Å². The molecule has 0 bridgehead atoms. The number of aromatic nitrogens is 1. The van der Waals surface area contributed by atoms with E-state index in [-0.39, 0.29) is 12.3 Å². The van der Waals surface area contributed by atoms with Crippen molar-refractivity contribution in [3.63, 3.8) is 0 Å². The number of hydrogen-bond acceptors (Lipinski definition) is 4. The van der Waals surface area contributed by atoms with Crippen molar-refractivity contribution in [2.75, 3.05) is 5.75 Å². The van der Waals surface area contributed by atoms with E-state index < -0.39 is 10.0 Å². The average molecular weight is 218 g/mol. The maximum Gasteiger partial charge on any atom is 0.211 e. The van der Waals surface area contributed by atoms with Crippen molar-refractivity contribution < 1.29 is 12.8 Å². The highest BCUT2D eigenvalue weighted by Crippen LogP contribution is 2.08. The van der Waals surface area contributed by atoms with E-state index in [4.69, 9.17) is 4.42 Å². The van der Waals surface area contributed by atoms with Gasteiger partial charge in [0, 0.05) is 6.92 Å². The normalized spacial score (nSPS) is 11.9. The smallest absolute Gasteiger partial charge is 0.211 e. The lowest BCUT2D eigenvalue weighted by Gasteiger charge is -2.01. The molecule has 1 aromatic rings. The lowest BCUT2D eigenvalue weighted by Crippen LogP contribution is -2.24. The van der Waals surface area contributed by atoms with E-state index in [0.717, 1.165) is 5.69 Å². The van der Waals surface area contributed by atoms with Crippen molar-refractivity contribution in [2.45, 2.75) is 27.3 Å². The summed E-state index contributed by atoms with van der Waals surface area (Å²) >= 11 is 0. The van der Waals surface area contributed by atoms with Crippen LogP contribution in [-0.2, 0) is 16.6 Å². The first-order valence-electron chi connectivity index (χ1n) is 4.35. The Morgan fingerprint density at radius 3 is 2.50 bits per heavy atom. The maximum absolute atomic E-state index is 11.1. The number of nitrogens with one attached hydrogen (secondary N) is 1. The van der Waals surface area contributed by atoms with E-state index in [0.29, 0.717) is 11.7 Å². The summed E-state index contributed by atoms with van der Waals surface area (Å²) in [6, 6.07) is 0. The summed E-state index contributed by atoms with van der Waals surface area (Å²) in [5.74, 6) is 1.19. The summed E-state index contributed by atoms with van der Waals surface area (Å²) in [7, 11) is -3.16. The third-order valence-electron chi connectivity index (χ3n) is 1.83. The van der Waals surface area contributed by atoms with E-state index in [1.807, 2.05) is 0 Å². The fraction of sp³-hybridized carbons (Fsp3) is 0.625. The van der Waals surface area contributed by atoms with Crippen LogP contribution in [0.1, 0.15) is 24.3 Å². The molecule has 0 aliphatic rings. The Kier molecular flexibility index (Phi) is 3.28. The Balaban J connectivity index is 2.67. The second kappa shape index (κ2) is 4.10. The molecule has 1 heterocycles. The van der Waals surface area contributed by atoms with Crippen LogP contribution in [0.4, 0.5) is 0 Å². The molecule has 6 heteroatoms. The molecule has 0 saturated carbocycles. The van der Waals surface area contributed by atoms with Gasteiger partial charge in [0.2, 0.25) is 10.0 Å². The summed E-state index contributed by atoms with van der Waals surface area (Å²) in [4.78, 5) is 4.04. The van der Waals surface area contributed by atoms with Gasteiger partial charge in [-0.2, -0.15) is 0 Å². The zero-order valence-corrected chi connectivity index (χ0v) is 9.31. The third-order valence-corrected chi connectivity index (χ3v) is 3.18. The standard InChI is InChI=1S/C8H14N2O3S/c1-4-14(11,12)9-5-8-6(2)10-7(3)13-8/h9H,4-5H2,1-3H3. The van der Waals surface area contributed by atoms with Gasteiger partial charge in [0.1, 0.15) is 5.76 Å². The molecular weight excluding hydrogens is 204 g/mol. The van der Waals surface area contributed by atoms with E-state index in [1.54, 1.807) is 20.8 Å². The van der Waals surface area contributed by atoms with Crippen LogP contribution in [0.15, 0.2) is 4.42 Å². The van der Waals surface area contributed by atoms with Gasteiger partial charge in [-0.05, 0) is 13.8 Å². The molecule has 0 radical (unpaired) electrons. The molecule has 0 amide bonds.